The number of nitrogens with two attached hydrogens (primary N) is 1. The van der Waals surface area contributed by atoms with Crippen LogP contribution in [0.1, 0.15) is 6.92 Å². The molecule has 0 aromatic carbocycles. The molecule has 0 bridgehead atoms. The van der Waals surface area contributed by atoms with Crippen molar-refractivity contribution in [3.63, 3.8) is 0 Å². The lowest BCUT2D eigenvalue weighted by atomic mass is 10.3. The zero-order chi connectivity index (χ0) is 14.0. The van der Waals surface area contributed by atoms with Crippen molar-refractivity contribution in [3.8, 4) is 10.6 Å². The van der Waals surface area contributed by atoms with Crippen molar-refractivity contribution in [2.24, 2.45) is 0 Å². The van der Waals surface area contributed by atoms with Crippen LogP contribution in [-0.2, 0) is 16.4 Å². The van der Waals surface area contributed by atoms with Crippen molar-refractivity contribution >= 4 is 42.8 Å². The lowest BCUT2D eigenvalue weighted by molar-refractivity contribution is 0.582. The van der Waals surface area contributed by atoms with E-state index in [0.717, 1.165) is 9.35 Å². The van der Waals surface area contributed by atoms with Crippen molar-refractivity contribution in [1.29, 1.82) is 0 Å². The molecule has 0 aliphatic heterocycles. The zero-order valence-corrected chi connectivity index (χ0v) is 13.6. The van der Waals surface area contributed by atoms with E-state index in [4.69, 9.17) is 5.73 Å². The summed E-state index contributed by atoms with van der Waals surface area (Å²) in [5, 5.41) is 6.30. The molecular formula is C11H14BrN3O2S2. The average Bonchev–Trinajstić information content (AvgIpc) is 2.93. The van der Waals surface area contributed by atoms with Gasteiger partial charge in [-0.3, -0.25) is 4.68 Å². The summed E-state index contributed by atoms with van der Waals surface area (Å²) in [5.41, 5.74) is 7.17. The van der Waals surface area contributed by atoms with Gasteiger partial charge in [-0.15, -0.1) is 11.3 Å². The SMILES string of the molecule is CCS(=O)(=O)CCn1cc(N)c(-c2cc(Br)cs2)n1. The van der Waals surface area contributed by atoms with E-state index < -0.39 is 9.84 Å². The molecule has 0 aliphatic carbocycles. The van der Waals surface area contributed by atoms with Crippen molar-refractivity contribution < 1.29 is 8.42 Å². The molecule has 2 aromatic heterocycles. The molecule has 0 saturated heterocycles. The second-order valence-corrected chi connectivity index (χ2v) is 8.36. The molecule has 0 unspecified atom stereocenters. The maximum absolute atomic E-state index is 11.5. The topological polar surface area (TPSA) is 78.0 Å². The standard InChI is InChI=1S/C11H14BrN3O2S2/c1-2-19(16,17)4-3-15-6-9(13)11(14-15)10-5-8(12)7-18-10/h5-7H,2-4,13H2,1H3. The number of thiophene rings is 1. The second-order valence-electron chi connectivity index (χ2n) is 4.06. The van der Waals surface area contributed by atoms with E-state index in [1.807, 2.05) is 11.4 Å². The highest BCUT2D eigenvalue weighted by atomic mass is 79.9. The van der Waals surface area contributed by atoms with Crippen LogP contribution in [0.4, 0.5) is 5.69 Å². The van der Waals surface area contributed by atoms with Gasteiger partial charge in [-0.05, 0) is 22.0 Å². The molecule has 0 amide bonds. The maximum Gasteiger partial charge on any atom is 0.151 e. The van der Waals surface area contributed by atoms with Crippen LogP contribution in [0.2, 0.25) is 0 Å². The number of nitrogen functional groups attached to an aromatic ring is 1. The Balaban J connectivity index is 2.18. The van der Waals surface area contributed by atoms with Crippen molar-refractivity contribution in [2.75, 3.05) is 17.2 Å². The molecule has 104 valence electrons. The Morgan fingerprint density at radius 3 is 2.84 bits per heavy atom. The maximum atomic E-state index is 11.5. The number of nitrogens with zero attached hydrogens (tertiary/aromatic N) is 2. The van der Waals surface area contributed by atoms with Gasteiger partial charge >= 0.3 is 0 Å². The van der Waals surface area contributed by atoms with Crippen LogP contribution >= 0.6 is 27.3 Å². The molecule has 0 saturated carbocycles. The molecule has 2 rings (SSSR count). The van der Waals surface area contributed by atoms with E-state index >= 15 is 0 Å². The first-order chi connectivity index (χ1) is 8.91. The van der Waals surface area contributed by atoms with Gasteiger partial charge in [0.1, 0.15) is 5.69 Å². The number of rotatable bonds is 5. The predicted octanol–water partition coefficient (Wildman–Crippen LogP) is 2.39. The molecule has 8 heteroatoms. The van der Waals surface area contributed by atoms with Gasteiger partial charge in [-0.1, -0.05) is 6.92 Å². The van der Waals surface area contributed by atoms with Crippen LogP contribution in [0.5, 0.6) is 0 Å². The zero-order valence-electron chi connectivity index (χ0n) is 10.3. The van der Waals surface area contributed by atoms with E-state index in [1.54, 1.807) is 17.8 Å². The predicted molar refractivity (Wildman–Crippen MR) is 82.0 cm³/mol. The fourth-order valence-electron chi connectivity index (χ4n) is 1.56. The van der Waals surface area contributed by atoms with Gasteiger partial charge in [0, 0.05) is 21.8 Å². The van der Waals surface area contributed by atoms with E-state index in [0.29, 0.717) is 17.9 Å². The monoisotopic (exact) mass is 363 g/mol. The summed E-state index contributed by atoms with van der Waals surface area (Å²) in [5.74, 6) is 0.229. The highest BCUT2D eigenvalue weighted by Crippen LogP contribution is 2.32. The number of hydrogen-bond acceptors (Lipinski definition) is 5. The summed E-state index contributed by atoms with van der Waals surface area (Å²) in [7, 11) is -2.99. The molecule has 0 fully saturated rings. The summed E-state index contributed by atoms with van der Waals surface area (Å²) in [6.45, 7) is 1.97. The Hall–Kier alpha value is -0.860. The summed E-state index contributed by atoms with van der Waals surface area (Å²) in [6.07, 6.45) is 1.67. The Labute approximate surface area is 124 Å². The highest BCUT2D eigenvalue weighted by molar-refractivity contribution is 9.10. The lowest BCUT2D eigenvalue weighted by Gasteiger charge is -2.01. The first-order valence-corrected chi connectivity index (χ1v) is 9.18. The van der Waals surface area contributed by atoms with Crippen LogP contribution in [0.3, 0.4) is 0 Å². The molecule has 2 aromatic rings. The molecule has 5 nitrogen and oxygen atoms in total. The minimum absolute atomic E-state index is 0.0815. The van der Waals surface area contributed by atoms with Gasteiger partial charge in [0.2, 0.25) is 0 Å². The number of sulfone groups is 1. The quantitative estimate of drug-likeness (QED) is 0.884. The summed E-state index contributed by atoms with van der Waals surface area (Å²) >= 11 is 4.92. The summed E-state index contributed by atoms with van der Waals surface area (Å²) < 4.78 is 25.5. The first kappa shape index (κ1) is 14.5. The third kappa shape index (κ3) is 3.58. The molecule has 0 spiro atoms. The van der Waals surface area contributed by atoms with Gasteiger partial charge in [-0.2, -0.15) is 5.10 Å². The number of halogens is 1. The van der Waals surface area contributed by atoms with Crippen LogP contribution in [0.25, 0.3) is 10.6 Å². The Kier molecular flexibility index (Phi) is 4.32. The summed E-state index contributed by atoms with van der Waals surface area (Å²) in [6, 6.07) is 1.94. The van der Waals surface area contributed by atoms with Gasteiger partial charge in [0.15, 0.2) is 9.84 Å². The average molecular weight is 364 g/mol. The molecule has 0 atom stereocenters. The van der Waals surface area contributed by atoms with E-state index in [2.05, 4.69) is 21.0 Å². The minimum atomic E-state index is -2.99. The molecule has 0 aliphatic rings. The Morgan fingerprint density at radius 2 is 2.26 bits per heavy atom. The van der Waals surface area contributed by atoms with Crippen molar-refractivity contribution in [3.05, 3.63) is 22.1 Å². The minimum Gasteiger partial charge on any atom is -0.396 e. The van der Waals surface area contributed by atoms with Crippen LogP contribution in [-0.4, -0.2) is 29.7 Å². The Bertz CT molecular complexity index is 676. The van der Waals surface area contributed by atoms with Crippen LogP contribution < -0.4 is 5.73 Å². The number of anilines is 1. The number of aromatic nitrogens is 2. The summed E-state index contributed by atoms with van der Waals surface area (Å²) in [4.78, 5) is 0.960. The van der Waals surface area contributed by atoms with Gasteiger partial charge in [-0.25, -0.2) is 8.42 Å². The van der Waals surface area contributed by atoms with Gasteiger partial charge in [0.05, 0.1) is 22.9 Å². The third-order valence-electron chi connectivity index (χ3n) is 2.66. The molecule has 2 N–H and O–H groups in total. The molecule has 19 heavy (non-hydrogen) atoms. The number of aryl methyl sites for hydroxylation is 1. The third-order valence-corrected chi connectivity index (χ3v) is 6.04. The van der Waals surface area contributed by atoms with E-state index in [-0.39, 0.29) is 11.5 Å². The molecule has 0 radical (unpaired) electrons. The van der Waals surface area contributed by atoms with Gasteiger partial charge in [0.25, 0.3) is 0 Å². The van der Waals surface area contributed by atoms with Crippen LogP contribution in [0.15, 0.2) is 22.1 Å². The smallest absolute Gasteiger partial charge is 0.151 e. The molecule has 2 heterocycles. The van der Waals surface area contributed by atoms with Crippen molar-refractivity contribution in [2.45, 2.75) is 13.5 Å². The fraction of sp³-hybridized carbons (Fsp3) is 0.364. The van der Waals surface area contributed by atoms with E-state index in [1.165, 1.54) is 11.3 Å². The van der Waals surface area contributed by atoms with Crippen molar-refractivity contribution in [1.82, 2.24) is 9.78 Å². The largest absolute Gasteiger partial charge is 0.396 e. The second kappa shape index (κ2) is 5.64. The van der Waals surface area contributed by atoms with E-state index in [9.17, 15) is 8.42 Å². The number of hydrogen-bond donors (Lipinski definition) is 1. The Morgan fingerprint density at radius 1 is 1.53 bits per heavy atom. The van der Waals surface area contributed by atoms with Crippen LogP contribution in [0, 0.1) is 0 Å². The fourth-order valence-corrected chi connectivity index (χ4v) is 3.74. The van der Waals surface area contributed by atoms with Gasteiger partial charge < -0.3 is 5.73 Å². The normalized spacial score (nSPS) is 11.9. The molecular weight excluding hydrogens is 350 g/mol. The highest BCUT2D eigenvalue weighted by Gasteiger charge is 2.13. The first-order valence-electron chi connectivity index (χ1n) is 5.69. The lowest BCUT2D eigenvalue weighted by Crippen LogP contribution is -2.14.